The first-order valence-corrected chi connectivity index (χ1v) is 5.31. The number of carboxylic acids is 2. The molecule has 0 unspecified atom stereocenters. The van der Waals surface area contributed by atoms with Crippen molar-refractivity contribution < 1.29 is 19.8 Å². The number of nitrogens with zero attached hydrogens (tertiary/aromatic N) is 1. The van der Waals surface area contributed by atoms with Gasteiger partial charge in [0.2, 0.25) is 0 Å². The molecule has 6 nitrogen and oxygen atoms in total. The van der Waals surface area contributed by atoms with Crippen molar-refractivity contribution in [3.05, 3.63) is 47.7 Å². The number of pyridine rings is 1. The van der Waals surface area contributed by atoms with Crippen LogP contribution in [0.1, 0.15) is 20.7 Å². The van der Waals surface area contributed by atoms with Gasteiger partial charge in [0, 0.05) is 11.8 Å². The van der Waals surface area contributed by atoms with E-state index >= 15 is 0 Å². The van der Waals surface area contributed by atoms with Crippen LogP contribution in [0.2, 0.25) is 0 Å². The lowest BCUT2D eigenvalue weighted by Gasteiger charge is -2.07. The quantitative estimate of drug-likeness (QED) is 0.772. The molecule has 0 saturated carbocycles. The molecule has 0 atom stereocenters. The number of hydrogen-bond acceptors (Lipinski definition) is 4. The lowest BCUT2D eigenvalue weighted by atomic mass is 10.00. The summed E-state index contributed by atoms with van der Waals surface area (Å²) in [6.07, 6.45) is 1.32. The monoisotopic (exact) mass is 258 g/mol. The molecule has 0 aliphatic heterocycles. The first kappa shape index (κ1) is 12.6. The van der Waals surface area contributed by atoms with E-state index in [1.54, 1.807) is 12.1 Å². The van der Waals surface area contributed by atoms with Gasteiger partial charge >= 0.3 is 11.9 Å². The van der Waals surface area contributed by atoms with E-state index < -0.39 is 11.9 Å². The molecule has 0 saturated heterocycles. The van der Waals surface area contributed by atoms with Gasteiger partial charge in [0.25, 0.3) is 0 Å². The van der Waals surface area contributed by atoms with Crippen molar-refractivity contribution >= 4 is 17.8 Å². The molecule has 1 heterocycles. The number of aromatic carboxylic acids is 2. The molecule has 0 radical (unpaired) electrons. The number of nitrogens with two attached hydrogens (primary N) is 1. The lowest BCUT2D eigenvalue weighted by molar-refractivity contribution is 0.0687. The van der Waals surface area contributed by atoms with Gasteiger partial charge in [-0.15, -0.1) is 0 Å². The fourth-order valence-electron chi connectivity index (χ4n) is 1.70. The summed E-state index contributed by atoms with van der Waals surface area (Å²) in [5.74, 6) is -2.14. The average Bonchev–Trinajstić information content (AvgIpc) is 2.38. The molecule has 96 valence electrons. The second-order valence-corrected chi connectivity index (χ2v) is 3.85. The third kappa shape index (κ3) is 2.52. The number of aromatic nitrogens is 1. The molecule has 2 rings (SSSR count). The highest BCUT2D eigenvalue weighted by molar-refractivity contribution is 5.97. The van der Waals surface area contributed by atoms with Gasteiger partial charge in [-0.05, 0) is 23.8 Å². The van der Waals surface area contributed by atoms with E-state index in [2.05, 4.69) is 4.98 Å². The van der Waals surface area contributed by atoms with E-state index in [1.807, 2.05) is 0 Å². The molecular formula is C13H10N2O4. The summed E-state index contributed by atoms with van der Waals surface area (Å²) in [7, 11) is 0. The van der Waals surface area contributed by atoms with Crippen LogP contribution in [0.3, 0.4) is 0 Å². The molecule has 0 fully saturated rings. The largest absolute Gasteiger partial charge is 0.478 e. The van der Waals surface area contributed by atoms with E-state index in [0.29, 0.717) is 11.1 Å². The van der Waals surface area contributed by atoms with Gasteiger partial charge in [-0.2, -0.15) is 0 Å². The molecular weight excluding hydrogens is 248 g/mol. The highest BCUT2D eigenvalue weighted by atomic mass is 16.4. The van der Waals surface area contributed by atoms with Gasteiger partial charge in [0.1, 0.15) is 5.82 Å². The van der Waals surface area contributed by atoms with E-state index in [0.717, 1.165) is 0 Å². The smallest absolute Gasteiger partial charge is 0.336 e. The molecule has 1 aromatic heterocycles. The van der Waals surface area contributed by atoms with Crippen LogP contribution < -0.4 is 5.73 Å². The van der Waals surface area contributed by atoms with Gasteiger partial charge < -0.3 is 15.9 Å². The minimum absolute atomic E-state index is 0.0185. The van der Waals surface area contributed by atoms with Crippen LogP contribution in [0.25, 0.3) is 11.1 Å². The van der Waals surface area contributed by atoms with Crippen LogP contribution >= 0.6 is 0 Å². The van der Waals surface area contributed by atoms with E-state index in [-0.39, 0.29) is 16.9 Å². The fourth-order valence-corrected chi connectivity index (χ4v) is 1.70. The molecule has 0 spiro atoms. The number of carbonyl (C=O) groups is 2. The second kappa shape index (κ2) is 4.77. The number of anilines is 1. The number of carboxylic acid groups (broad SMARTS) is 2. The Morgan fingerprint density at radius 2 is 1.84 bits per heavy atom. The first-order valence-electron chi connectivity index (χ1n) is 5.31. The van der Waals surface area contributed by atoms with Crippen molar-refractivity contribution in [3.8, 4) is 11.1 Å². The zero-order valence-electron chi connectivity index (χ0n) is 9.70. The van der Waals surface area contributed by atoms with Crippen LogP contribution in [0.5, 0.6) is 0 Å². The number of hydrogen-bond donors (Lipinski definition) is 3. The van der Waals surface area contributed by atoms with E-state index in [4.69, 9.17) is 15.9 Å². The van der Waals surface area contributed by atoms with Crippen molar-refractivity contribution in [2.24, 2.45) is 0 Å². The molecule has 2 aromatic rings. The molecule has 0 bridgehead atoms. The minimum atomic E-state index is -1.15. The first-order chi connectivity index (χ1) is 8.99. The van der Waals surface area contributed by atoms with Gasteiger partial charge in [-0.1, -0.05) is 12.1 Å². The highest BCUT2D eigenvalue weighted by Gasteiger charge is 2.14. The van der Waals surface area contributed by atoms with Crippen molar-refractivity contribution in [3.63, 3.8) is 0 Å². The average molecular weight is 258 g/mol. The summed E-state index contributed by atoms with van der Waals surface area (Å²) < 4.78 is 0. The highest BCUT2D eigenvalue weighted by Crippen LogP contribution is 2.25. The summed E-state index contributed by atoms with van der Waals surface area (Å²) in [6.45, 7) is 0. The van der Waals surface area contributed by atoms with E-state index in [9.17, 15) is 9.59 Å². The van der Waals surface area contributed by atoms with Crippen LogP contribution in [0.4, 0.5) is 5.82 Å². The standard InChI is InChI=1S/C13H10N2O4/c14-11-5-9(13(18)19)10(6-15-11)7-2-1-3-8(4-7)12(16)17/h1-6H,(H2,14,15)(H,16,17)(H,18,19). The maximum atomic E-state index is 11.2. The zero-order valence-corrected chi connectivity index (χ0v) is 9.70. The predicted octanol–water partition coefficient (Wildman–Crippen LogP) is 1.73. The number of benzene rings is 1. The summed E-state index contributed by atoms with van der Waals surface area (Å²) in [6, 6.07) is 7.22. The second-order valence-electron chi connectivity index (χ2n) is 3.85. The Bertz CT molecular complexity index is 667. The molecule has 0 amide bonds. The van der Waals surface area contributed by atoms with Crippen LogP contribution in [-0.4, -0.2) is 27.1 Å². The molecule has 0 aliphatic carbocycles. The van der Waals surface area contributed by atoms with E-state index in [1.165, 1.54) is 24.4 Å². The Labute approximate surface area is 108 Å². The van der Waals surface area contributed by atoms with Crippen molar-refractivity contribution in [2.45, 2.75) is 0 Å². The maximum absolute atomic E-state index is 11.2. The zero-order chi connectivity index (χ0) is 14.0. The summed E-state index contributed by atoms with van der Waals surface area (Å²) in [5.41, 5.74) is 6.30. The lowest BCUT2D eigenvalue weighted by Crippen LogP contribution is -2.03. The topological polar surface area (TPSA) is 114 Å². The Morgan fingerprint density at radius 1 is 1.11 bits per heavy atom. The van der Waals surface area contributed by atoms with Gasteiger partial charge in [-0.3, -0.25) is 0 Å². The molecule has 0 aliphatic rings. The van der Waals surface area contributed by atoms with Crippen LogP contribution in [-0.2, 0) is 0 Å². The molecule has 4 N–H and O–H groups in total. The Morgan fingerprint density at radius 3 is 2.47 bits per heavy atom. The van der Waals surface area contributed by atoms with Crippen molar-refractivity contribution in [2.75, 3.05) is 5.73 Å². The number of rotatable bonds is 3. The Hall–Kier alpha value is -2.89. The van der Waals surface area contributed by atoms with Gasteiger partial charge in [0.05, 0.1) is 11.1 Å². The number of nitrogen functional groups attached to an aromatic ring is 1. The third-order valence-electron chi connectivity index (χ3n) is 2.58. The van der Waals surface area contributed by atoms with Gasteiger partial charge in [0.15, 0.2) is 0 Å². The molecule has 1 aromatic carbocycles. The summed E-state index contributed by atoms with van der Waals surface area (Å²) in [5, 5.41) is 18.1. The van der Waals surface area contributed by atoms with Crippen LogP contribution in [0.15, 0.2) is 36.5 Å². The molecule has 6 heteroatoms. The van der Waals surface area contributed by atoms with Crippen molar-refractivity contribution in [1.82, 2.24) is 4.98 Å². The van der Waals surface area contributed by atoms with Crippen LogP contribution in [0, 0.1) is 0 Å². The normalized spacial score (nSPS) is 10.1. The summed E-state index contributed by atoms with van der Waals surface area (Å²) in [4.78, 5) is 25.9. The summed E-state index contributed by atoms with van der Waals surface area (Å²) >= 11 is 0. The maximum Gasteiger partial charge on any atom is 0.336 e. The Balaban J connectivity index is 2.61. The SMILES string of the molecule is Nc1cc(C(=O)O)c(-c2cccc(C(=O)O)c2)cn1. The minimum Gasteiger partial charge on any atom is -0.478 e. The molecule has 19 heavy (non-hydrogen) atoms. The van der Waals surface area contributed by atoms with Crippen molar-refractivity contribution in [1.29, 1.82) is 0 Å². The third-order valence-corrected chi connectivity index (χ3v) is 2.58. The predicted molar refractivity (Wildman–Crippen MR) is 68.0 cm³/mol. The fraction of sp³-hybridized carbons (Fsp3) is 0. The van der Waals surface area contributed by atoms with Gasteiger partial charge in [-0.25, -0.2) is 14.6 Å². The Kier molecular flexibility index (Phi) is 3.15.